The van der Waals surface area contributed by atoms with Gasteiger partial charge in [0, 0.05) is 30.7 Å². The number of rotatable bonds is 6. The Morgan fingerprint density at radius 1 is 1.53 bits per heavy atom. The number of thioether (sulfide) groups is 1. The van der Waals surface area contributed by atoms with E-state index in [9.17, 15) is 14.0 Å². The number of likely N-dealkylation sites (tertiary alicyclic amines) is 1. The Hall–Kier alpha value is -0.780. The van der Waals surface area contributed by atoms with E-state index in [1.54, 1.807) is 23.6 Å². The standard InChI is InChI=1S/C13H22FNO3S/c1-4-18-13(17)11(14)10-5-6-15(7-10)12(16)9(2)8-19-3/h9-11H,4-8H2,1-3H3. The average molecular weight is 291 g/mol. The van der Waals surface area contributed by atoms with Crippen molar-refractivity contribution in [2.24, 2.45) is 11.8 Å². The number of hydrogen-bond donors (Lipinski definition) is 0. The molecule has 1 aliphatic rings. The normalized spacial score (nSPS) is 22.1. The number of carbonyl (C=O) groups excluding carboxylic acids is 2. The highest BCUT2D eigenvalue weighted by molar-refractivity contribution is 7.98. The van der Waals surface area contributed by atoms with Crippen LogP contribution in [0.2, 0.25) is 0 Å². The number of amides is 1. The maximum Gasteiger partial charge on any atom is 0.341 e. The first kappa shape index (κ1) is 16.3. The highest BCUT2D eigenvalue weighted by Gasteiger charge is 2.37. The molecular weight excluding hydrogens is 269 g/mol. The first-order chi connectivity index (χ1) is 9.01. The van der Waals surface area contributed by atoms with Gasteiger partial charge in [0.25, 0.3) is 0 Å². The van der Waals surface area contributed by atoms with E-state index >= 15 is 0 Å². The SMILES string of the molecule is CCOC(=O)C(F)C1CCN(C(=O)C(C)CSC)C1. The molecule has 0 aromatic rings. The minimum atomic E-state index is -1.62. The lowest BCUT2D eigenvalue weighted by Gasteiger charge is -2.21. The Labute approximate surface area is 118 Å². The second kappa shape index (κ2) is 7.72. The minimum Gasteiger partial charge on any atom is -0.464 e. The number of esters is 1. The van der Waals surface area contributed by atoms with Crippen LogP contribution in [-0.2, 0) is 14.3 Å². The molecule has 0 aromatic carbocycles. The Balaban J connectivity index is 2.49. The quantitative estimate of drug-likeness (QED) is 0.699. The summed E-state index contributed by atoms with van der Waals surface area (Å²) in [5.74, 6) is -0.484. The van der Waals surface area contributed by atoms with Gasteiger partial charge in [-0.1, -0.05) is 6.92 Å². The van der Waals surface area contributed by atoms with Gasteiger partial charge in [-0.25, -0.2) is 9.18 Å². The monoisotopic (exact) mass is 291 g/mol. The van der Waals surface area contributed by atoms with E-state index in [-0.39, 0.29) is 18.4 Å². The Bertz CT molecular complexity index is 327. The number of halogens is 1. The largest absolute Gasteiger partial charge is 0.464 e. The topological polar surface area (TPSA) is 46.6 Å². The van der Waals surface area contributed by atoms with Crippen LogP contribution in [0.1, 0.15) is 20.3 Å². The summed E-state index contributed by atoms with van der Waals surface area (Å²) in [5, 5.41) is 0. The van der Waals surface area contributed by atoms with Crippen LogP contribution in [0.15, 0.2) is 0 Å². The summed E-state index contributed by atoms with van der Waals surface area (Å²) in [5.41, 5.74) is 0. The van der Waals surface area contributed by atoms with Crippen molar-refractivity contribution < 1.29 is 18.7 Å². The molecule has 1 saturated heterocycles. The van der Waals surface area contributed by atoms with Crippen molar-refractivity contribution in [3.8, 4) is 0 Å². The molecule has 0 N–H and O–H groups in total. The van der Waals surface area contributed by atoms with Gasteiger partial charge in [-0.2, -0.15) is 11.8 Å². The van der Waals surface area contributed by atoms with E-state index in [0.717, 1.165) is 5.75 Å². The van der Waals surface area contributed by atoms with E-state index in [0.29, 0.717) is 19.5 Å². The van der Waals surface area contributed by atoms with Crippen molar-refractivity contribution in [1.29, 1.82) is 0 Å². The summed E-state index contributed by atoms with van der Waals surface area (Å²) in [6.07, 6.45) is 0.862. The highest BCUT2D eigenvalue weighted by atomic mass is 32.2. The maximum atomic E-state index is 13.9. The first-order valence-electron chi connectivity index (χ1n) is 6.59. The van der Waals surface area contributed by atoms with Crippen LogP contribution in [0.4, 0.5) is 4.39 Å². The summed E-state index contributed by atoms with van der Waals surface area (Å²) in [4.78, 5) is 25.1. The zero-order valence-electron chi connectivity index (χ0n) is 11.7. The molecule has 4 nitrogen and oxygen atoms in total. The molecule has 0 spiro atoms. The molecule has 3 unspecified atom stereocenters. The van der Waals surface area contributed by atoms with E-state index in [2.05, 4.69) is 4.74 Å². The molecule has 1 heterocycles. The molecular formula is C13H22FNO3S. The third kappa shape index (κ3) is 4.37. The van der Waals surface area contributed by atoms with Crippen molar-refractivity contribution in [3.63, 3.8) is 0 Å². The third-order valence-corrected chi connectivity index (χ3v) is 4.13. The lowest BCUT2D eigenvalue weighted by molar-refractivity contribution is -0.151. The number of hydrogen-bond acceptors (Lipinski definition) is 4. The summed E-state index contributed by atoms with van der Waals surface area (Å²) < 4.78 is 18.5. The predicted molar refractivity (Wildman–Crippen MR) is 73.8 cm³/mol. The minimum absolute atomic E-state index is 0.0490. The molecule has 1 rings (SSSR count). The predicted octanol–water partition coefficient (Wildman–Crippen LogP) is 1.74. The number of nitrogens with zero attached hydrogens (tertiary/aromatic N) is 1. The van der Waals surface area contributed by atoms with Crippen LogP contribution in [0, 0.1) is 11.8 Å². The van der Waals surface area contributed by atoms with Crippen molar-refractivity contribution in [3.05, 3.63) is 0 Å². The number of ether oxygens (including phenoxy) is 1. The van der Waals surface area contributed by atoms with Gasteiger partial charge in [-0.05, 0) is 19.6 Å². The van der Waals surface area contributed by atoms with Crippen LogP contribution in [0.25, 0.3) is 0 Å². The van der Waals surface area contributed by atoms with Crippen molar-refractivity contribution in [1.82, 2.24) is 4.90 Å². The van der Waals surface area contributed by atoms with Gasteiger partial charge in [-0.15, -0.1) is 0 Å². The smallest absolute Gasteiger partial charge is 0.341 e. The molecule has 1 fully saturated rings. The summed E-state index contributed by atoms with van der Waals surface area (Å²) in [7, 11) is 0. The van der Waals surface area contributed by atoms with Gasteiger partial charge >= 0.3 is 5.97 Å². The maximum absolute atomic E-state index is 13.9. The van der Waals surface area contributed by atoms with Crippen molar-refractivity contribution >= 4 is 23.6 Å². The van der Waals surface area contributed by atoms with Gasteiger partial charge in [0.05, 0.1) is 6.61 Å². The van der Waals surface area contributed by atoms with Crippen molar-refractivity contribution in [2.75, 3.05) is 31.7 Å². The van der Waals surface area contributed by atoms with Gasteiger partial charge in [0.1, 0.15) is 0 Å². The van der Waals surface area contributed by atoms with Crippen LogP contribution < -0.4 is 0 Å². The molecule has 110 valence electrons. The molecule has 6 heteroatoms. The molecule has 0 aliphatic carbocycles. The molecule has 1 amide bonds. The molecule has 19 heavy (non-hydrogen) atoms. The van der Waals surface area contributed by atoms with Crippen LogP contribution in [-0.4, -0.2) is 54.7 Å². The zero-order chi connectivity index (χ0) is 14.4. The van der Waals surface area contributed by atoms with E-state index in [4.69, 9.17) is 0 Å². The lowest BCUT2D eigenvalue weighted by atomic mass is 10.0. The van der Waals surface area contributed by atoms with E-state index in [1.165, 1.54) is 0 Å². The molecule has 0 radical (unpaired) electrons. The molecule has 0 bridgehead atoms. The van der Waals surface area contributed by atoms with E-state index in [1.807, 2.05) is 13.2 Å². The Morgan fingerprint density at radius 3 is 2.79 bits per heavy atom. The number of alkyl halides is 1. The average Bonchev–Trinajstić information content (AvgIpc) is 2.87. The van der Waals surface area contributed by atoms with Crippen LogP contribution in [0.5, 0.6) is 0 Å². The highest BCUT2D eigenvalue weighted by Crippen LogP contribution is 2.24. The van der Waals surface area contributed by atoms with Gasteiger partial charge in [0.2, 0.25) is 12.1 Å². The first-order valence-corrected chi connectivity index (χ1v) is 7.99. The fraction of sp³-hybridized carbons (Fsp3) is 0.846. The molecule has 0 aromatic heterocycles. The molecule has 3 atom stereocenters. The van der Waals surface area contributed by atoms with Gasteiger partial charge in [0.15, 0.2) is 0 Å². The van der Waals surface area contributed by atoms with Crippen molar-refractivity contribution in [2.45, 2.75) is 26.4 Å². The van der Waals surface area contributed by atoms with Gasteiger partial charge < -0.3 is 9.64 Å². The lowest BCUT2D eigenvalue weighted by Crippen LogP contribution is -2.36. The molecule has 0 saturated carbocycles. The summed E-state index contributed by atoms with van der Waals surface area (Å²) in [6, 6.07) is 0. The number of carbonyl (C=O) groups is 2. The second-order valence-electron chi connectivity index (χ2n) is 4.84. The van der Waals surface area contributed by atoms with E-state index < -0.39 is 18.1 Å². The Kier molecular flexibility index (Phi) is 6.62. The summed E-state index contributed by atoms with van der Waals surface area (Å²) >= 11 is 1.62. The Morgan fingerprint density at radius 2 is 2.21 bits per heavy atom. The zero-order valence-corrected chi connectivity index (χ0v) is 12.5. The van der Waals surface area contributed by atoms with Crippen LogP contribution >= 0.6 is 11.8 Å². The summed E-state index contributed by atoms with van der Waals surface area (Å²) in [6.45, 7) is 4.56. The third-order valence-electron chi connectivity index (χ3n) is 3.30. The fourth-order valence-electron chi connectivity index (χ4n) is 2.27. The molecule has 1 aliphatic heterocycles. The fourth-order valence-corrected chi connectivity index (χ4v) is 2.92. The second-order valence-corrected chi connectivity index (χ2v) is 5.75. The van der Waals surface area contributed by atoms with Gasteiger partial charge in [-0.3, -0.25) is 4.79 Å². The van der Waals surface area contributed by atoms with Crippen LogP contribution in [0.3, 0.4) is 0 Å².